The largest absolute Gasteiger partial charge is 0.487 e. The summed E-state index contributed by atoms with van der Waals surface area (Å²) >= 11 is 0. The Labute approximate surface area is 186 Å². The Morgan fingerprint density at radius 2 is 2.09 bits per heavy atom. The molecule has 1 saturated carbocycles. The molecule has 0 spiro atoms. The third kappa shape index (κ3) is 4.47. The van der Waals surface area contributed by atoms with Crippen molar-refractivity contribution >= 4 is 17.5 Å². The highest BCUT2D eigenvalue weighted by atomic mass is 16.6. The van der Waals surface area contributed by atoms with Crippen molar-refractivity contribution < 1.29 is 24.2 Å². The number of amides is 2. The van der Waals surface area contributed by atoms with E-state index < -0.39 is 6.10 Å². The SMILES string of the molecule is O=C(C[C@@H]1C[C@H]2c3cc(NC(=O)c4cccnc4)ccc3O[C@H]2[C@@H](CO)O1)NCC1CC1. The van der Waals surface area contributed by atoms with Gasteiger partial charge in [-0.15, -0.1) is 0 Å². The monoisotopic (exact) mass is 437 g/mol. The van der Waals surface area contributed by atoms with Crippen LogP contribution in [0.5, 0.6) is 5.75 Å². The summed E-state index contributed by atoms with van der Waals surface area (Å²) in [5.41, 5.74) is 2.10. The topological polar surface area (TPSA) is 110 Å². The highest BCUT2D eigenvalue weighted by Crippen LogP contribution is 2.47. The van der Waals surface area contributed by atoms with Crippen molar-refractivity contribution in [3.05, 3.63) is 53.9 Å². The number of hydrogen-bond acceptors (Lipinski definition) is 6. The summed E-state index contributed by atoms with van der Waals surface area (Å²) in [6.07, 6.45) is 5.27. The molecule has 0 radical (unpaired) electrons. The first kappa shape index (κ1) is 20.9. The Hall–Kier alpha value is -2.97. The number of carbonyl (C=O) groups is 2. The first-order chi connectivity index (χ1) is 15.6. The fourth-order valence-electron chi connectivity index (χ4n) is 4.53. The molecule has 1 aliphatic carbocycles. The number of anilines is 1. The molecule has 3 aliphatic rings. The van der Waals surface area contributed by atoms with Crippen LogP contribution in [0.25, 0.3) is 0 Å². The molecule has 4 atom stereocenters. The molecule has 3 N–H and O–H groups in total. The Bertz CT molecular complexity index is 994. The van der Waals surface area contributed by atoms with Crippen LogP contribution < -0.4 is 15.4 Å². The average molecular weight is 437 g/mol. The van der Waals surface area contributed by atoms with Gasteiger partial charge < -0.3 is 25.2 Å². The van der Waals surface area contributed by atoms with Crippen LogP contribution in [-0.2, 0) is 9.53 Å². The van der Waals surface area contributed by atoms with Crippen molar-refractivity contribution in [2.75, 3.05) is 18.5 Å². The highest BCUT2D eigenvalue weighted by Gasteiger charge is 2.46. The minimum atomic E-state index is -0.504. The number of carbonyl (C=O) groups excluding carboxylic acids is 2. The first-order valence-electron chi connectivity index (χ1n) is 11.2. The molecule has 32 heavy (non-hydrogen) atoms. The summed E-state index contributed by atoms with van der Waals surface area (Å²) in [7, 11) is 0. The molecule has 2 amide bonds. The molecular formula is C24H27N3O5. The zero-order valence-corrected chi connectivity index (χ0v) is 17.7. The van der Waals surface area contributed by atoms with E-state index >= 15 is 0 Å². The molecule has 8 heteroatoms. The lowest BCUT2D eigenvalue weighted by Gasteiger charge is -2.37. The number of aromatic nitrogens is 1. The van der Waals surface area contributed by atoms with Crippen LogP contribution in [0.2, 0.25) is 0 Å². The average Bonchev–Trinajstić information content (AvgIpc) is 3.58. The van der Waals surface area contributed by atoms with Gasteiger partial charge in [0, 0.05) is 36.1 Å². The van der Waals surface area contributed by atoms with E-state index in [1.54, 1.807) is 24.4 Å². The zero-order valence-electron chi connectivity index (χ0n) is 17.7. The quantitative estimate of drug-likeness (QED) is 0.613. The van der Waals surface area contributed by atoms with Gasteiger partial charge in [-0.25, -0.2) is 0 Å². The van der Waals surface area contributed by atoms with Gasteiger partial charge in [0.15, 0.2) is 0 Å². The van der Waals surface area contributed by atoms with Crippen molar-refractivity contribution in [3.63, 3.8) is 0 Å². The van der Waals surface area contributed by atoms with Crippen LogP contribution in [-0.4, -0.2) is 53.4 Å². The molecule has 2 fully saturated rings. The fraction of sp³-hybridized carbons (Fsp3) is 0.458. The molecule has 1 aromatic carbocycles. The first-order valence-corrected chi connectivity index (χ1v) is 11.2. The molecule has 3 heterocycles. The fourth-order valence-corrected chi connectivity index (χ4v) is 4.53. The number of nitrogens with zero attached hydrogens (tertiary/aromatic N) is 1. The normalized spacial score (nSPS) is 25.9. The summed E-state index contributed by atoms with van der Waals surface area (Å²) in [5.74, 6) is 1.07. The second kappa shape index (κ2) is 8.88. The maximum Gasteiger partial charge on any atom is 0.257 e. The van der Waals surface area contributed by atoms with Crippen LogP contribution >= 0.6 is 0 Å². The minimum absolute atomic E-state index is 0.0198. The second-order valence-corrected chi connectivity index (χ2v) is 8.80. The predicted molar refractivity (Wildman–Crippen MR) is 117 cm³/mol. The lowest BCUT2D eigenvalue weighted by molar-refractivity contribution is -0.142. The van der Waals surface area contributed by atoms with Crippen molar-refractivity contribution in [1.29, 1.82) is 0 Å². The van der Waals surface area contributed by atoms with Crippen LogP contribution in [0, 0.1) is 5.92 Å². The van der Waals surface area contributed by atoms with E-state index in [4.69, 9.17) is 9.47 Å². The summed E-state index contributed by atoms with van der Waals surface area (Å²) in [4.78, 5) is 28.8. The number of pyridine rings is 1. The lowest BCUT2D eigenvalue weighted by atomic mass is 9.84. The van der Waals surface area contributed by atoms with Crippen molar-refractivity contribution in [3.8, 4) is 5.75 Å². The highest BCUT2D eigenvalue weighted by molar-refractivity contribution is 6.04. The van der Waals surface area contributed by atoms with Gasteiger partial charge in [0.2, 0.25) is 5.91 Å². The molecule has 0 bridgehead atoms. The summed E-state index contributed by atoms with van der Waals surface area (Å²) in [6.45, 7) is 0.549. The van der Waals surface area contributed by atoms with Gasteiger partial charge in [0.1, 0.15) is 18.0 Å². The standard InChI is InChI=1S/C24H27N3O5/c28-13-21-23-19(9-17(31-21)10-22(29)26-11-14-3-4-14)18-8-16(5-6-20(18)32-23)27-24(30)15-2-1-7-25-12-15/h1-2,5-8,12,14,17,19,21,23,28H,3-4,9-11,13H2,(H,26,29)(H,27,30)/t17-,19-,21+,23+/m0/s1. The predicted octanol–water partition coefficient (Wildman–Crippen LogP) is 2.24. The maximum absolute atomic E-state index is 12.5. The smallest absolute Gasteiger partial charge is 0.257 e. The van der Waals surface area contributed by atoms with Gasteiger partial charge in [0.25, 0.3) is 5.91 Å². The van der Waals surface area contributed by atoms with Crippen molar-refractivity contribution in [2.24, 2.45) is 5.92 Å². The second-order valence-electron chi connectivity index (χ2n) is 8.80. The van der Waals surface area contributed by atoms with Crippen molar-refractivity contribution in [1.82, 2.24) is 10.3 Å². The van der Waals surface area contributed by atoms with Crippen LogP contribution in [0.15, 0.2) is 42.7 Å². The number of fused-ring (bicyclic) bond motifs is 3. The number of benzene rings is 1. The van der Waals surface area contributed by atoms with Crippen molar-refractivity contribution in [2.45, 2.75) is 49.9 Å². The zero-order chi connectivity index (χ0) is 22.1. The Morgan fingerprint density at radius 1 is 1.22 bits per heavy atom. The van der Waals surface area contributed by atoms with Gasteiger partial charge in [-0.2, -0.15) is 0 Å². The minimum Gasteiger partial charge on any atom is -0.487 e. The van der Waals surface area contributed by atoms with E-state index in [1.807, 2.05) is 12.1 Å². The number of ether oxygens (including phenoxy) is 2. The van der Waals surface area contributed by atoms with Crippen LogP contribution in [0.1, 0.15) is 47.5 Å². The molecule has 5 rings (SSSR count). The van der Waals surface area contributed by atoms with Gasteiger partial charge in [0.05, 0.1) is 24.7 Å². The van der Waals surface area contributed by atoms with E-state index in [9.17, 15) is 14.7 Å². The Balaban J connectivity index is 1.29. The lowest BCUT2D eigenvalue weighted by Crippen LogP contribution is -2.47. The number of rotatable bonds is 7. The number of aliphatic hydroxyl groups is 1. The number of hydrogen-bond donors (Lipinski definition) is 3. The molecule has 8 nitrogen and oxygen atoms in total. The summed E-state index contributed by atoms with van der Waals surface area (Å²) in [5, 5.41) is 15.8. The van der Waals surface area contributed by atoms with Gasteiger partial charge in [-0.05, 0) is 55.5 Å². The van der Waals surface area contributed by atoms with E-state index in [0.29, 0.717) is 23.6 Å². The van der Waals surface area contributed by atoms with E-state index in [2.05, 4.69) is 15.6 Å². The third-order valence-electron chi connectivity index (χ3n) is 6.38. The molecular weight excluding hydrogens is 410 g/mol. The maximum atomic E-state index is 12.5. The summed E-state index contributed by atoms with van der Waals surface area (Å²) < 4.78 is 12.1. The van der Waals surface area contributed by atoms with Crippen LogP contribution in [0.4, 0.5) is 5.69 Å². The Morgan fingerprint density at radius 3 is 2.84 bits per heavy atom. The Kier molecular flexibility index (Phi) is 5.80. The molecule has 2 aliphatic heterocycles. The van der Waals surface area contributed by atoms with Crippen LogP contribution in [0.3, 0.4) is 0 Å². The third-order valence-corrected chi connectivity index (χ3v) is 6.38. The molecule has 0 unspecified atom stereocenters. The number of nitrogens with one attached hydrogen (secondary N) is 2. The van der Waals surface area contributed by atoms with Gasteiger partial charge >= 0.3 is 0 Å². The van der Waals surface area contributed by atoms with E-state index in [0.717, 1.165) is 17.9 Å². The summed E-state index contributed by atoms with van der Waals surface area (Å²) in [6, 6.07) is 8.96. The molecule has 1 saturated heterocycles. The van der Waals surface area contributed by atoms with Gasteiger partial charge in [-0.1, -0.05) is 0 Å². The molecule has 168 valence electrons. The molecule has 1 aromatic heterocycles. The van der Waals surface area contributed by atoms with Gasteiger partial charge in [-0.3, -0.25) is 14.6 Å². The van der Waals surface area contributed by atoms with E-state index in [-0.39, 0.29) is 43.0 Å². The van der Waals surface area contributed by atoms with E-state index in [1.165, 1.54) is 19.0 Å². The number of aliphatic hydroxyl groups excluding tert-OH is 1. The molecule has 2 aromatic rings.